The molecule has 11 rings (SSSR count). The van der Waals surface area contributed by atoms with Crippen molar-refractivity contribution >= 4 is 46.2 Å². The largest absolute Gasteiger partial charge is 0.455 e. The Balaban J connectivity index is 1.36. The topological polar surface area (TPSA) is 25.8 Å². The second-order valence-electron chi connectivity index (χ2n) is 20.3. The van der Waals surface area contributed by atoms with Crippen LogP contribution in [0.4, 0.5) is 0 Å². The zero-order chi connectivity index (χ0) is 42.3. The van der Waals surface area contributed by atoms with Crippen LogP contribution in [-0.2, 0) is 17.5 Å². The molecule has 0 bridgehead atoms. The van der Waals surface area contributed by atoms with Crippen LogP contribution >= 0.6 is 0 Å². The lowest BCUT2D eigenvalue weighted by molar-refractivity contribution is -0.944. The molecule has 2 aliphatic rings. The third-order valence-corrected chi connectivity index (χ3v) is 15.6. The van der Waals surface area contributed by atoms with Crippen LogP contribution in [0.3, 0.4) is 0 Å². The second-order valence-corrected chi connectivity index (χ2v) is 25.3. The van der Waals surface area contributed by atoms with Crippen LogP contribution in [0.15, 0.2) is 138 Å². The molecular weight excluding hydrogens is 759 g/mol. The van der Waals surface area contributed by atoms with Crippen LogP contribution in [-0.4, -0.2) is 12.6 Å². The minimum Gasteiger partial charge on any atom is -0.455 e. The highest BCUT2D eigenvalue weighted by atomic mass is 28.3. The van der Waals surface area contributed by atoms with Gasteiger partial charge in [0.15, 0.2) is 22.8 Å². The van der Waals surface area contributed by atoms with Gasteiger partial charge in [-0.25, -0.2) is 0 Å². The lowest BCUT2D eigenvalue weighted by Crippen LogP contribution is -2.72. The van der Waals surface area contributed by atoms with Crippen LogP contribution in [0.1, 0.15) is 68.0 Å². The van der Waals surface area contributed by atoms with E-state index in [4.69, 9.17) is 4.42 Å². The van der Waals surface area contributed by atoms with Crippen LogP contribution in [0, 0.1) is 19.8 Å². The van der Waals surface area contributed by atoms with E-state index in [1.54, 1.807) is 0 Å². The van der Waals surface area contributed by atoms with Crippen LogP contribution in [0.2, 0.25) is 19.6 Å². The quantitative estimate of drug-likeness (QED) is 0.126. The van der Waals surface area contributed by atoms with E-state index in [1.165, 1.54) is 77.7 Å². The maximum Gasteiger partial charge on any atom is 0.364 e. The first-order valence-corrected chi connectivity index (χ1v) is 25.6. The highest BCUT2D eigenvalue weighted by molar-refractivity contribution is 6.89. The fourth-order valence-corrected chi connectivity index (χ4v) is 12.6. The van der Waals surface area contributed by atoms with Gasteiger partial charge in [0.25, 0.3) is 0 Å². The Bertz CT molecular complexity index is 3280. The summed E-state index contributed by atoms with van der Waals surface area (Å²) in [5.74, 6) is 1.69. The molecule has 0 N–H and O–H groups in total. The van der Waals surface area contributed by atoms with Gasteiger partial charge in [0.2, 0.25) is 5.69 Å². The molecule has 1 atom stereocenters. The Morgan fingerprint density at radius 2 is 1.43 bits per heavy atom. The molecule has 9 aromatic rings. The Hall–Kier alpha value is -6.04. The predicted molar refractivity (Wildman–Crippen MR) is 255 cm³/mol. The van der Waals surface area contributed by atoms with Crippen molar-refractivity contribution in [2.45, 2.75) is 85.6 Å². The number of furan rings is 1. The molecule has 0 fully saturated rings. The van der Waals surface area contributed by atoms with Gasteiger partial charge in [-0.05, 0) is 120 Å². The van der Waals surface area contributed by atoms with Crippen LogP contribution in [0.5, 0.6) is 0 Å². The molecule has 0 radical (unpaired) electrons. The van der Waals surface area contributed by atoms with Gasteiger partial charge in [-0.3, -0.25) is 0 Å². The SMILES string of the molecule is Cc1cc(-c2ccccc2)cc(C)c1-n1c2[n+](c3ccccc31)C1(c3cc(C(C)(C)C)ccc3-c3cc(CC(C)C)c([Si](C)(C)C)c[n+]31)c1ccc3c(oc4ccccc43)c1-2. The molecule has 5 heterocycles. The number of para-hydroxylation sites is 3. The fraction of sp³-hybridized carbons (Fsp3) is 0.250. The van der Waals surface area contributed by atoms with Gasteiger partial charge in [0.1, 0.15) is 16.8 Å². The monoisotopic (exact) mass is 813 g/mol. The molecule has 3 aromatic heterocycles. The second kappa shape index (κ2) is 13.0. The summed E-state index contributed by atoms with van der Waals surface area (Å²) in [5, 5.41) is 3.81. The standard InChI is InChI=1S/C56H55N3OSi/c1-34(2)28-39-31-48-43-25-24-40(55(5,6)7)32-45(43)56(57(48)33-50(39)61(8,9)10)44-27-26-42-41-20-14-17-23-49(41)60-53(42)51(44)54-58(46-21-15-16-22-47(46)59(54)56)52-35(3)29-38(30-36(52)4)37-18-12-11-13-19-37/h11-27,29-34H,28H2,1-10H3/q+2. The molecule has 5 heteroatoms. The molecule has 0 aliphatic carbocycles. The number of nitrogens with zero attached hydrogens (tertiary/aromatic N) is 3. The van der Waals surface area contributed by atoms with Crippen molar-refractivity contribution in [1.82, 2.24) is 4.57 Å². The first kappa shape index (κ1) is 37.9. The average Bonchev–Trinajstić information content (AvgIpc) is 3.93. The summed E-state index contributed by atoms with van der Waals surface area (Å²) in [7, 11) is -1.85. The number of aromatic nitrogens is 3. The molecular formula is C56H55N3OSi+2. The molecule has 4 nitrogen and oxygen atoms in total. The van der Waals surface area contributed by atoms with E-state index < -0.39 is 13.7 Å². The first-order valence-electron chi connectivity index (χ1n) is 22.1. The maximum absolute atomic E-state index is 7.14. The van der Waals surface area contributed by atoms with E-state index >= 15 is 0 Å². The molecule has 302 valence electrons. The van der Waals surface area contributed by atoms with Crippen LogP contribution in [0.25, 0.3) is 72.4 Å². The highest BCUT2D eigenvalue weighted by Gasteiger charge is 2.67. The summed E-state index contributed by atoms with van der Waals surface area (Å²) in [5.41, 5.74) is 18.7. The van der Waals surface area contributed by atoms with Crippen molar-refractivity contribution in [2.24, 2.45) is 5.92 Å². The Labute approximate surface area is 360 Å². The van der Waals surface area contributed by atoms with E-state index in [0.717, 1.165) is 39.7 Å². The first-order chi connectivity index (χ1) is 29.2. The summed E-state index contributed by atoms with van der Waals surface area (Å²) in [4.78, 5) is 0. The molecule has 0 amide bonds. The normalized spacial score (nSPS) is 15.7. The van der Waals surface area contributed by atoms with Crippen molar-refractivity contribution in [3.05, 3.63) is 167 Å². The van der Waals surface area contributed by atoms with Crippen molar-refractivity contribution < 1.29 is 13.6 Å². The molecule has 0 saturated heterocycles. The summed E-state index contributed by atoms with van der Waals surface area (Å²) < 4.78 is 15.1. The van der Waals surface area contributed by atoms with Gasteiger partial charge in [-0.15, -0.1) is 9.13 Å². The van der Waals surface area contributed by atoms with Crippen molar-refractivity contribution in [3.63, 3.8) is 0 Å². The van der Waals surface area contributed by atoms with Crippen molar-refractivity contribution in [2.75, 3.05) is 0 Å². The smallest absolute Gasteiger partial charge is 0.364 e. The zero-order valence-electron chi connectivity index (χ0n) is 37.2. The van der Waals surface area contributed by atoms with E-state index in [1.807, 2.05) is 0 Å². The zero-order valence-corrected chi connectivity index (χ0v) is 38.2. The Morgan fingerprint density at radius 1 is 0.721 bits per heavy atom. The molecule has 2 aliphatic heterocycles. The number of rotatable bonds is 5. The number of hydrogen-bond donors (Lipinski definition) is 0. The van der Waals surface area contributed by atoms with Gasteiger partial charge >= 0.3 is 11.5 Å². The minimum atomic E-state index is -1.85. The lowest BCUT2D eigenvalue weighted by Gasteiger charge is -2.25. The summed E-state index contributed by atoms with van der Waals surface area (Å²) >= 11 is 0. The molecule has 1 spiro atoms. The number of hydrogen-bond acceptors (Lipinski definition) is 1. The van der Waals surface area contributed by atoms with Gasteiger partial charge in [0.05, 0.1) is 24.8 Å². The Morgan fingerprint density at radius 3 is 2.15 bits per heavy atom. The number of benzene rings is 6. The summed E-state index contributed by atoms with van der Waals surface area (Å²) in [6.07, 6.45) is 3.66. The number of pyridine rings is 1. The van der Waals surface area contributed by atoms with Gasteiger partial charge < -0.3 is 4.42 Å². The van der Waals surface area contributed by atoms with Crippen molar-refractivity contribution in [1.29, 1.82) is 0 Å². The predicted octanol–water partition coefficient (Wildman–Crippen LogP) is 12.7. The van der Waals surface area contributed by atoms with Gasteiger partial charge in [-0.1, -0.05) is 121 Å². The van der Waals surface area contributed by atoms with Crippen LogP contribution < -0.4 is 14.3 Å². The molecule has 1 unspecified atom stereocenters. The van der Waals surface area contributed by atoms with E-state index in [2.05, 4.69) is 215 Å². The van der Waals surface area contributed by atoms with E-state index in [9.17, 15) is 0 Å². The molecule has 61 heavy (non-hydrogen) atoms. The number of aryl methyl sites for hydroxylation is 2. The Kier molecular flexibility index (Phi) is 8.07. The minimum absolute atomic E-state index is 0.0533. The van der Waals surface area contributed by atoms with Gasteiger partial charge in [0, 0.05) is 22.0 Å². The number of imidazole rings is 1. The lowest BCUT2D eigenvalue weighted by atomic mass is 9.82. The van der Waals surface area contributed by atoms with E-state index in [0.29, 0.717) is 5.92 Å². The highest BCUT2D eigenvalue weighted by Crippen LogP contribution is 2.53. The molecule has 6 aromatic carbocycles. The third-order valence-electron chi connectivity index (χ3n) is 13.6. The fourth-order valence-electron chi connectivity index (χ4n) is 11.0. The van der Waals surface area contributed by atoms with Gasteiger partial charge in [-0.2, -0.15) is 4.57 Å². The summed E-state index contributed by atoms with van der Waals surface area (Å²) in [6, 6.07) is 47.9. The third kappa shape index (κ3) is 5.29. The molecule has 0 saturated carbocycles. The average molecular weight is 814 g/mol. The maximum atomic E-state index is 7.14. The summed E-state index contributed by atoms with van der Waals surface area (Å²) in [6.45, 7) is 23.9. The number of fused-ring (bicyclic) bond motifs is 16. The van der Waals surface area contributed by atoms with E-state index in [-0.39, 0.29) is 5.41 Å². The van der Waals surface area contributed by atoms with Crippen molar-refractivity contribution in [3.8, 4) is 39.5 Å².